The normalized spacial score (nSPS) is 11.7. The van der Waals surface area contributed by atoms with E-state index in [4.69, 9.17) is 9.47 Å². The molecule has 0 saturated carbocycles. The smallest absolute Gasteiger partial charge is 0.340 e. The van der Waals surface area contributed by atoms with Crippen LogP contribution in [0.1, 0.15) is 27.6 Å². The number of aliphatic hydroxyl groups excluding tert-OH is 1. The summed E-state index contributed by atoms with van der Waals surface area (Å²) in [6.07, 6.45) is 0. The van der Waals surface area contributed by atoms with Gasteiger partial charge >= 0.3 is 23.1 Å². The molecule has 0 aliphatic rings. The van der Waals surface area contributed by atoms with Gasteiger partial charge in [-0.05, 0) is 31.2 Å². The molecule has 192 valence electrons. The van der Waals surface area contributed by atoms with Crippen molar-refractivity contribution in [3.8, 4) is 5.75 Å². The number of allylic oxidation sites excluding steroid dienone is 1. The van der Waals surface area contributed by atoms with Gasteiger partial charge in [0, 0.05) is 6.07 Å². The molecule has 1 amide bonds. The second kappa shape index (κ2) is 11.0. The highest BCUT2D eigenvalue weighted by Crippen LogP contribution is 2.29. The van der Waals surface area contributed by atoms with Crippen LogP contribution in [0, 0.1) is 0 Å². The number of methoxy groups -OCH3 is 3. The van der Waals surface area contributed by atoms with Gasteiger partial charge in [0.15, 0.2) is 5.70 Å². The van der Waals surface area contributed by atoms with Gasteiger partial charge in [-0.2, -0.15) is 0 Å². The molecule has 0 aliphatic carbocycles. The van der Waals surface area contributed by atoms with Crippen LogP contribution in [0.3, 0.4) is 0 Å². The molecule has 1 heterocycles. The Labute approximate surface area is 207 Å². The van der Waals surface area contributed by atoms with Crippen LogP contribution in [0.4, 0.5) is 11.4 Å². The van der Waals surface area contributed by atoms with E-state index >= 15 is 0 Å². The molecule has 0 spiro atoms. The largest absolute Gasteiger partial charge is 0.510 e. The van der Waals surface area contributed by atoms with E-state index in [0.717, 1.165) is 7.11 Å². The second-order valence-corrected chi connectivity index (χ2v) is 7.31. The first-order chi connectivity index (χ1) is 17.6. The van der Waals surface area contributed by atoms with E-state index < -0.39 is 40.4 Å². The fraction of sp³-hybridized carbons (Fsp3) is 0.174. The summed E-state index contributed by atoms with van der Waals surface area (Å²) in [4.78, 5) is 65.0. The van der Waals surface area contributed by atoms with Crippen LogP contribution in [0.15, 0.2) is 61.6 Å². The molecule has 4 N–H and O–H groups in total. The molecule has 3 aromatic rings. The van der Waals surface area contributed by atoms with E-state index in [2.05, 4.69) is 30.3 Å². The number of fused-ring (bicyclic) bond motifs is 1. The van der Waals surface area contributed by atoms with Crippen molar-refractivity contribution in [3.63, 3.8) is 0 Å². The number of nitrogens with zero attached hydrogens (tertiary/aromatic N) is 2. The van der Waals surface area contributed by atoms with Crippen LogP contribution in [-0.4, -0.2) is 54.2 Å². The summed E-state index contributed by atoms with van der Waals surface area (Å²) in [7, 11) is 3.64. The number of rotatable bonds is 7. The van der Waals surface area contributed by atoms with Gasteiger partial charge in [-0.25, -0.2) is 9.59 Å². The third-order valence-corrected chi connectivity index (χ3v) is 4.93. The van der Waals surface area contributed by atoms with E-state index in [0.29, 0.717) is 0 Å². The maximum atomic E-state index is 13.0. The van der Waals surface area contributed by atoms with Crippen molar-refractivity contribution < 1.29 is 33.7 Å². The number of esters is 2. The minimum Gasteiger partial charge on any atom is -0.510 e. The fourth-order valence-corrected chi connectivity index (χ4v) is 3.12. The van der Waals surface area contributed by atoms with Crippen molar-refractivity contribution in [2.45, 2.75) is 6.92 Å². The van der Waals surface area contributed by atoms with Crippen LogP contribution < -0.4 is 21.2 Å². The summed E-state index contributed by atoms with van der Waals surface area (Å²) in [6.45, 7) is 1.18. The number of aromatic nitrogens is 2. The molecule has 0 atom stereocenters. The molecule has 3 rings (SSSR count). The lowest BCUT2D eigenvalue weighted by Gasteiger charge is -2.12. The zero-order valence-electron chi connectivity index (χ0n) is 20.0. The number of hydrogen-bond acceptors (Lipinski definition) is 11. The van der Waals surface area contributed by atoms with Gasteiger partial charge in [-0.1, -0.05) is 0 Å². The van der Waals surface area contributed by atoms with Crippen molar-refractivity contribution in [2.24, 2.45) is 10.2 Å². The van der Waals surface area contributed by atoms with Gasteiger partial charge in [-0.15, -0.1) is 10.2 Å². The third-order valence-electron chi connectivity index (χ3n) is 4.93. The fourth-order valence-electron chi connectivity index (χ4n) is 3.12. The number of aliphatic hydroxyl groups is 1. The van der Waals surface area contributed by atoms with Gasteiger partial charge in [0.25, 0.3) is 5.91 Å². The van der Waals surface area contributed by atoms with Crippen molar-refractivity contribution in [3.05, 3.63) is 73.6 Å². The first-order valence-corrected chi connectivity index (χ1v) is 10.4. The van der Waals surface area contributed by atoms with Crippen LogP contribution in [0.2, 0.25) is 0 Å². The van der Waals surface area contributed by atoms with Crippen molar-refractivity contribution in [2.75, 3.05) is 26.6 Å². The monoisotopic (exact) mass is 511 g/mol. The quantitative estimate of drug-likeness (QED) is 0.121. The molecule has 37 heavy (non-hydrogen) atoms. The molecule has 14 heteroatoms. The highest BCUT2D eigenvalue weighted by molar-refractivity contribution is 6.05. The molecule has 0 radical (unpaired) electrons. The number of nitrogens with one attached hydrogen (secondary N) is 3. The van der Waals surface area contributed by atoms with Gasteiger partial charge in [0.2, 0.25) is 0 Å². The maximum Gasteiger partial charge on any atom is 0.340 e. The van der Waals surface area contributed by atoms with E-state index in [9.17, 15) is 29.1 Å². The number of aromatic amines is 2. The zero-order valence-corrected chi connectivity index (χ0v) is 20.0. The average Bonchev–Trinajstić information content (AvgIpc) is 2.88. The minimum absolute atomic E-state index is 0.0488. The molecule has 0 unspecified atom stereocenters. The van der Waals surface area contributed by atoms with Crippen molar-refractivity contribution >= 4 is 40.3 Å². The highest BCUT2D eigenvalue weighted by atomic mass is 16.5. The van der Waals surface area contributed by atoms with Gasteiger partial charge in [0.05, 0.1) is 49.2 Å². The minimum atomic E-state index is -0.933. The van der Waals surface area contributed by atoms with Gasteiger partial charge in [-0.3, -0.25) is 14.4 Å². The number of benzene rings is 2. The Morgan fingerprint density at radius 2 is 1.54 bits per heavy atom. The van der Waals surface area contributed by atoms with E-state index in [-0.39, 0.29) is 39.3 Å². The Bertz CT molecular complexity index is 1580. The van der Waals surface area contributed by atoms with Gasteiger partial charge < -0.3 is 34.6 Å². The highest BCUT2D eigenvalue weighted by Gasteiger charge is 2.19. The Morgan fingerprint density at radius 1 is 0.919 bits per heavy atom. The van der Waals surface area contributed by atoms with Crippen LogP contribution in [-0.2, 0) is 14.3 Å². The predicted molar refractivity (Wildman–Crippen MR) is 129 cm³/mol. The Hall–Kier alpha value is -5.27. The Morgan fingerprint density at radius 3 is 2.11 bits per heavy atom. The summed E-state index contributed by atoms with van der Waals surface area (Å²) in [5.41, 5.74) is -1.95. The lowest BCUT2D eigenvalue weighted by atomic mass is 10.1. The van der Waals surface area contributed by atoms with Crippen LogP contribution in [0.5, 0.6) is 5.75 Å². The first kappa shape index (κ1) is 26.3. The van der Waals surface area contributed by atoms with Crippen molar-refractivity contribution in [1.29, 1.82) is 0 Å². The molecule has 0 aliphatic heterocycles. The Balaban J connectivity index is 2.01. The number of hydrogen-bond donors (Lipinski definition) is 4. The lowest BCUT2D eigenvalue weighted by Crippen LogP contribution is -2.29. The standard InChI is InChI=1S/C23H21N5O9/c1-10(29)18(28-27-13-7-11(22(33)36-3)5-6-12(13)23(34)37-4)19(30)26-16-8-14-15(9-17(16)35-2)25-21(32)20(31)24-14/h5-9,29H,1-4H3,(H,24,31)(H,25,32)(H,26,30)/b18-10+,28-27?. The van der Waals surface area contributed by atoms with Crippen LogP contribution in [0.25, 0.3) is 11.0 Å². The molecular formula is C23H21N5O9. The molecule has 0 bridgehead atoms. The first-order valence-electron chi connectivity index (χ1n) is 10.4. The van der Waals surface area contributed by atoms with E-state index in [1.165, 1.54) is 51.5 Å². The number of ether oxygens (including phenoxy) is 3. The topological polar surface area (TPSA) is 202 Å². The zero-order chi connectivity index (χ0) is 27.3. The third kappa shape index (κ3) is 5.70. The van der Waals surface area contributed by atoms with E-state index in [1.807, 2.05) is 0 Å². The summed E-state index contributed by atoms with van der Waals surface area (Å²) >= 11 is 0. The molecular weight excluding hydrogens is 490 g/mol. The predicted octanol–water partition coefficient (Wildman–Crippen LogP) is 2.31. The number of azo groups is 1. The number of amides is 1. The van der Waals surface area contributed by atoms with Crippen molar-refractivity contribution in [1.82, 2.24) is 9.97 Å². The molecule has 1 aromatic heterocycles. The number of H-pyrrole nitrogens is 2. The summed E-state index contributed by atoms with van der Waals surface area (Å²) in [5.74, 6) is -2.83. The summed E-state index contributed by atoms with van der Waals surface area (Å²) in [6, 6.07) is 6.50. The summed E-state index contributed by atoms with van der Waals surface area (Å²) in [5, 5.41) is 20.2. The summed E-state index contributed by atoms with van der Waals surface area (Å²) < 4.78 is 14.6. The molecule has 0 saturated heterocycles. The molecule has 0 fully saturated rings. The average molecular weight is 511 g/mol. The SMILES string of the molecule is COC(=O)c1ccc(C(=O)OC)c(N=N/C(C(=O)Nc2cc3[nH]c(=O)c(=O)[nH]c3cc2OC)=C(\C)O)c1. The molecule has 14 nitrogen and oxygen atoms in total. The molecule has 2 aromatic carbocycles. The maximum absolute atomic E-state index is 13.0. The van der Waals surface area contributed by atoms with Crippen LogP contribution >= 0.6 is 0 Å². The number of carbonyl (C=O) groups excluding carboxylic acids is 3. The second-order valence-electron chi connectivity index (χ2n) is 7.31. The Kier molecular flexibility index (Phi) is 7.82. The van der Waals surface area contributed by atoms with Gasteiger partial charge in [0.1, 0.15) is 17.2 Å². The number of carbonyl (C=O) groups is 3. The van der Waals surface area contributed by atoms with E-state index in [1.54, 1.807) is 0 Å². The number of anilines is 1. The lowest BCUT2D eigenvalue weighted by molar-refractivity contribution is -0.113.